The Morgan fingerprint density at radius 1 is 1.10 bits per heavy atom. The molecule has 7 nitrogen and oxygen atoms in total. The SMILES string of the molecule is CCOC(=O)c1ccc(NC(=O)CN2C(=O)SC(=Cc3ccc(Cl)cc3)C2=O)cc1. The average molecular weight is 445 g/mol. The lowest BCUT2D eigenvalue weighted by Gasteiger charge is -2.12. The molecule has 0 aliphatic carbocycles. The number of hydrogen-bond donors (Lipinski definition) is 1. The van der Waals surface area contributed by atoms with E-state index in [-0.39, 0.29) is 11.5 Å². The quantitative estimate of drug-likeness (QED) is 0.530. The van der Waals surface area contributed by atoms with Gasteiger partial charge in [0.25, 0.3) is 11.1 Å². The van der Waals surface area contributed by atoms with Crippen molar-refractivity contribution < 1.29 is 23.9 Å². The second-order valence-corrected chi connectivity index (χ2v) is 7.60. The highest BCUT2D eigenvalue weighted by Gasteiger charge is 2.36. The van der Waals surface area contributed by atoms with Gasteiger partial charge in [0, 0.05) is 10.7 Å². The van der Waals surface area contributed by atoms with Crippen molar-refractivity contribution in [2.24, 2.45) is 0 Å². The van der Waals surface area contributed by atoms with Crippen LogP contribution in [0.1, 0.15) is 22.8 Å². The summed E-state index contributed by atoms with van der Waals surface area (Å²) < 4.78 is 4.90. The van der Waals surface area contributed by atoms with Gasteiger partial charge in [-0.15, -0.1) is 0 Å². The van der Waals surface area contributed by atoms with Crippen LogP contribution in [0.4, 0.5) is 10.5 Å². The Kier molecular flexibility index (Phi) is 6.91. The summed E-state index contributed by atoms with van der Waals surface area (Å²) in [5, 5.41) is 2.64. The molecule has 9 heteroatoms. The molecule has 0 radical (unpaired) electrons. The molecule has 0 unspecified atom stereocenters. The number of thioether (sulfide) groups is 1. The number of carbonyl (C=O) groups is 4. The van der Waals surface area contributed by atoms with Crippen LogP contribution in [0, 0.1) is 0 Å². The molecular formula is C21H17ClN2O5S. The number of carbonyl (C=O) groups excluding carboxylic acids is 4. The molecule has 1 aliphatic rings. The van der Waals surface area contributed by atoms with E-state index in [1.54, 1.807) is 49.4 Å². The van der Waals surface area contributed by atoms with Gasteiger partial charge in [-0.3, -0.25) is 19.3 Å². The van der Waals surface area contributed by atoms with Gasteiger partial charge in [0.15, 0.2) is 0 Å². The van der Waals surface area contributed by atoms with Crippen molar-refractivity contribution in [1.82, 2.24) is 4.90 Å². The summed E-state index contributed by atoms with van der Waals surface area (Å²) in [5.41, 5.74) is 1.50. The molecule has 154 valence electrons. The zero-order chi connectivity index (χ0) is 21.7. The Bertz CT molecular complexity index is 1020. The number of anilines is 1. The third kappa shape index (κ3) is 5.28. The van der Waals surface area contributed by atoms with Gasteiger partial charge in [-0.1, -0.05) is 23.7 Å². The third-order valence-electron chi connectivity index (χ3n) is 4.02. The van der Waals surface area contributed by atoms with E-state index in [4.69, 9.17) is 16.3 Å². The standard InChI is InChI=1S/C21H17ClN2O5S/c1-2-29-20(27)14-5-9-16(10-6-14)23-18(25)12-24-19(26)17(30-21(24)28)11-13-3-7-15(22)8-4-13/h3-11H,2,12H2,1H3,(H,23,25). The summed E-state index contributed by atoms with van der Waals surface area (Å²) in [7, 11) is 0. The molecule has 2 aromatic carbocycles. The summed E-state index contributed by atoms with van der Waals surface area (Å²) in [6.07, 6.45) is 1.58. The fourth-order valence-electron chi connectivity index (χ4n) is 2.59. The molecule has 1 N–H and O–H groups in total. The predicted octanol–water partition coefficient (Wildman–Crippen LogP) is 4.19. The van der Waals surface area contributed by atoms with E-state index in [0.29, 0.717) is 16.3 Å². The third-order valence-corrected chi connectivity index (χ3v) is 5.18. The lowest BCUT2D eigenvalue weighted by molar-refractivity contribution is -0.127. The average Bonchev–Trinajstić information content (AvgIpc) is 2.98. The first kappa shape index (κ1) is 21.6. The van der Waals surface area contributed by atoms with Crippen LogP contribution in [0.15, 0.2) is 53.4 Å². The zero-order valence-corrected chi connectivity index (χ0v) is 17.5. The topological polar surface area (TPSA) is 92.8 Å². The van der Waals surface area contributed by atoms with Crippen LogP contribution in [0.2, 0.25) is 5.02 Å². The van der Waals surface area contributed by atoms with Gasteiger partial charge in [0.2, 0.25) is 5.91 Å². The summed E-state index contributed by atoms with van der Waals surface area (Å²) >= 11 is 6.62. The van der Waals surface area contributed by atoms with Crippen LogP contribution < -0.4 is 5.32 Å². The van der Waals surface area contributed by atoms with E-state index in [9.17, 15) is 19.2 Å². The first-order chi connectivity index (χ1) is 14.4. The molecule has 1 heterocycles. The normalized spacial score (nSPS) is 14.9. The Morgan fingerprint density at radius 2 is 1.77 bits per heavy atom. The fraction of sp³-hybridized carbons (Fsp3) is 0.143. The van der Waals surface area contributed by atoms with Crippen LogP contribution in [-0.2, 0) is 14.3 Å². The number of benzene rings is 2. The molecule has 0 spiro atoms. The van der Waals surface area contributed by atoms with Gasteiger partial charge in [-0.05, 0) is 66.7 Å². The van der Waals surface area contributed by atoms with Gasteiger partial charge in [-0.25, -0.2) is 4.79 Å². The first-order valence-corrected chi connectivity index (χ1v) is 10.1. The van der Waals surface area contributed by atoms with Crippen LogP contribution in [0.3, 0.4) is 0 Å². The summed E-state index contributed by atoms with van der Waals surface area (Å²) in [5.74, 6) is -1.53. The fourth-order valence-corrected chi connectivity index (χ4v) is 3.56. The highest BCUT2D eigenvalue weighted by molar-refractivity contribution is 8.18. The second kappa shape index (κ2) is 9.60. The predicted molar refractivity (Wildman–Crippen MR) is 115 cm³/mol. The molecule has 0 saturated carbocycles. The number of nitrogens with zero attached hydrogens (tertiary/aromatic N) is 1. The molecule has 3 amide bonds. The Hall–Kier alpha value is -3.10. The number of rotatable bonds is 6. The van der Waals surface area contributed by atoms with Crippen LogP contribution in [0.5, 0.6) is 0 Å². The molecule has 1 aliphatic heterocycles. The Balaban J connectivity index is 1.62. The van der Waals surface area contributed by atoms with Gasteiger partial charge >= 0.3 is 5.97 Å². The van der Waals surface area contributed by atoms with Gasteiger partial charge in [0.05, 0.1) is 17.1 Å². The van der Waals surface area contributed by atoms with Crippen molar-refractivity contribution in [3.8, 4) is 0 Å². The van der Waals surface area contributed by atoms with E-state index in [1.807, 2.05) is 0 Å². The van der Waals surface area contributed by atoms with Crippen molar-refractivity contribution in [1.29, 1.82) is 0 Å². The van der Waals surface area contributed by atoms with Gasteiger partial charge < -0.3 is 10.1 Å². The number of nitrogens with one attached hydrogen (secondary N) is 1. The maximum Gasteiger partial charge on any atom is 0.338 e. The summed E-state index contributed by atoms with van der Waals surface area (Å²) in [4.78, 5) is 49.8. The van der Waals surface area contributed by atoms with E-state index < -0.39 is 29.6 Å². The Labute approximate surface area is 182 Å². The largest absolute Gasteiger partial charge is 0.462 e. The maximum atomic E-state index is 12.5. The van der Waals surface area contributed by atoms with E-state index >= 15 is 0 Å². The number of imide groups is 1. The number of halogens is 1. The molecule has 1 saturated heterocycles. The molecule has 0 atom stereocenters. The maximum absolute atomic E-state index is 12.5. The van der Waals surface area contributed by atoms with Crippen molar-refractivity contribution in [3.05, 3.63) is 69.6 Å². The molecular weight excluding hydrogens is 428 g/mol. The number of ether oxygens (including phenoxy) is 1. The minimum Gasteiger partial charge on any atom is -0.462 e. The lowest BCUT2D eigenvalue weighted by atomic mass is 10.2. The first-order valence-electron chi connectivity index (χ1n) is 8.95. The summed E-state index contributed by atoms with van der Waals surface area (Å²) in [6, 6.07) is 12.9. The number of hydrogen-bond acceptors (Lipinski definition) is 6. The van der Waals surface area contributed by atoms with Crippen LogP contribution in [0.25, 0.3) is 6.08 Å². The van der Waals surface area contributed by atoms with Crippen LogP contribution in [-0.4, -0.2) is 41.1 Å². The summed E-state index contributed by atoms with van der Waals surface area (Å²) in [6.45, 7) is 1.56. The molecule has 0 aromatic heterocycles. The number of amides is 3. The van der Waals surface area contributed by atoms with Gasteiger partial charge in [0.1, 0.15) is 6.54 Å². The monoisotopic (exact) mass is 444 g/mol. The molecule has 30 heavy (non-hydrogen) atoms. The number of esters is 1. The van der Waals surface area contributed by atoms with Crippen molar-refractivity contribution >= 4 is 58.1 Å². The minimum absolute atomic E-state index is 0.230. The van der Waals surface area contributed by atoms with Crippen molar-refractivity contribution in [2.75, 3.05) is 18.5 Å². The van der Waals surface area contributed by atoms with Gasteiger partial charge in [-0.2, -0.15) is 0 Å². The molecule has 3 rings (SSSR count). The molecule has 2 aromatic rings. The molecule has 1 fully saturated rings. The second-order valence-electron chi connectivity index (χ2n) is 6.17. The highest BCUT2D eigenvalue weighted by Crippen LogP contribution is 2.32. The van der Waals surface area contributed by atoms with Crippen molar-refractivity contribution in [3.63, 3.8) is 0 Å². The molecule has 0 bridgehead atoms. The minimum atomic E-state index is -0.534. The highest BCUT2D eigenvalue weighted by atomic mass is 35.5. The smallest absolute Gasteiger partial charge is 0.338 e. The zero-order valence-electron chi connectivity index (χ0n) is 15.9. The Morgan fingerprint density at radius 3 is 2.40 bits per heavy atom. The van der Waals surface area contributed by atoms with E-state index in [2.05, 4.69) is 5.32 Å². The van der Waals surface area contributed by atoms with Crippen molar-refractivity contribution in [2.45, 2.75) is 6.92 Å². The van der Waals surface area contributed by atoms with E-state index in [1.165, 1.54) is 12.1 Å². The van der Waals surface area contributed by atoms with Crippen LogP contribution >= 0.6 is 23.4 Å². The van der Waals surface area contributed by atoms with E-state index in [0.717, 1.165) is 22.2 Å². The lowest BCUT2D eigenvalue weighted by Crippen LogP contribution is -2.36.